The van der Waals surface area contributed by atoms with Gasteiger partial charge in [0.05, 0.1) is 5.92 Å². The molecule has 8 rings (SSSR count). The van der Waals surface area contributed by atoms with Crippen molar-refractivity contribution >= 4 is 34.2 Å². The summed E-state index contributed by atoms with van der Waals surface area (Å²) < 4.78 is 6.23. The molecule has 5 aliphatic rings. The zero-order chi connectivity index (χ0) is 29.7. The molecule has 3 amide bonds. The molecule has 0 radical (unpaired) electrons. The van der Waals surface area contributed by atoms with Crippen LogP contribution in [0.3, 0.4) is 0 Å². The quantitative estimate of drug-likeness (QED) is 0.434. The summed E-state index contributed by atoms with van der Waals surface area (Å²) in [7, 11) is 2.02. The van der Waals surface area contributed by atoms with Gasteiger partial charge in [-0.05, 0) is 61.6 Å². The molecule has 0 spiro atoms. The minimum absolute atomic E-state index is 0.144. The maximum absolute atomic E-state index is 14.2. The number of carbonyl (C=O) groups excluding carboxylic acids is 3. The predicted molar refractivity (Wildman–Crippen MR) is 158 cm³/mol. The van der Waals surface area contributed by atoms with Crippen LogP contribution < -0.4 is 5.32 Å². The number of carbonyl (C=O) groups is 3. The van der Waals surface area contributed by atoms with Crippen LogP contribution in [-0.2, 0) is 32.0 Å². The number of nitrogens with zero attached hydrogens (tertiary/aromatic N) is 3. The van der Waals surface area contributed by atoms with Gasteiger partial charge in [-0.3, -0.25) is 28.9 Å². The topological polar surface area (TPSA) is 118 Å². The number of fused-ring (bicyclic) bond motifs is 5. The summed E-state index contributed by atoms with van der Waals surface area (Å²) in [6, 6.07) is 14.1. The number of H-pyrrole nitrogens is 1. The van der Waals surface area contributed by atoms with Gasteiger partial charge in [0, 0.05) is 42.7 Å². The number of rotatable bonds is 4. The molecule has 0 saturated carbocycles. The molecule has 43 heavy (non-hydrogen) atoms. The molecule has 5 heterocycles. The fraction of sp³-hybridized carbons (Fsp3) is 0.424. The number of aromatic nitrogens is 1. The molecule has 6 atom stereocenters. The van der Waals surface area contributed by atoms with E-state index >= 15 is 0 Å². The number of hydrogen-bond acceptors (Lipinski definition) is 6. The second-order valence-corrected chi connectivity index (χ2v) is 12.8. The van der Waals surface area contributed by atoms with Crippen molar-refractivity contribution in [2.24, 2.45) is 5.92 Å². The summed E-state index contributed by atoms with van der Waals surface area (Å²) in [4.78, 5) is 50.2. The Kier molecular flexibility index (Phi) is 5.73. The maximum atomic E-state index is 14.2. The third-order valence-electron chi connectivity index (χ3n) is 10.1. The molecular formula is C33H35N5O5. The van der Waals surface area contributed by atoms with E-state index < -0.39 is 35.5 Å². The number of piperazine rings is 1. The number of benzene rings is 2. The lowest BCUT2D eigenvalue weighted by Crippen LogP contribution is -2.71. The highest BCUT2D eigenvalue weighted by Crippen LogP contribution is 2.46. The fourth-order valence-electron chi connectivity index (χ4n) is 8.12. The van der Waals surface area contributed by atoms with Crippen LogP contribution in [-0.4, -0.2) is 92.4 Å². The Morgan fingerprint density at radius 1 is 1.16 bits per heavy atom. The highest BCUT2D eigenvalue weighted by molar-refractivity contribution is 6.00. The first kappa shape index (κ1) is 26.6. The Labute approximate surface area is 249 Å². The second kappa shape index (κ2) is 9.25. The average molecular weight is 582 g/mol. The van der Waals surface area contributed by atoms with Crippen LogP contribution in [0.2, 0.25) is 0 Å². The predicted octanol–water partition coefficient (Wildman–Crippen LogP) is 1.99. The van der Waals surface area contributed by atoms with Gasteiger partial charge in [-0.1, -0.05) is 48.5 Å². The zero-order valence-corrected chi connectivity index (χ0v) is 24.2. The van der Waals surface area contributed by atoms with E-state index in [1.54, 1.807) is 4.90 Å². The Balaban J connectivity index is 1.11. The molecule has 2 aromatic carbocycles. The Morgan fingerprint density at radius 2 is 1.98 bits per heavy atom. The summed E-state index contributed by atoms with van der Waals surface area (Å²) in [6.45, 7) is 2.45. The number of aliphatic hydroxyl groups is 1. The second-order valence-electron chi connectivity index (χ2n) is 12.8. The van der Waals surface area contributed by atoms with E-state index in [2.05, 4.69) is 33.5 Å². The third kappa shape index (κ3) is 3.79. The molecule has 0 bridgehead atoms. The van der Waals surface area contributed by atoms with E-state index in [9.17, 15) is 19.5 Å². The van der Waals surface area contributed by atoms with Crippen molar-refractivity contribution in [2.75, 3.05) is 20.1 Å². The van der Waals surface area contributed by atoms with Gasteiger partial charge in [0.1, 0.15) is 12.1 Å². The van der Waals surface area contributed by atoms with Gasteiger partial charge in [0.2, 0.25) is 17.5 Å². The molecule has 3 fully saturated rings. The molecule has 222 valence electrons. The lowest BCUT2D eigenvalue weighted by molar-refractivity contribution is -0.315. The summed E-state index contributed by atoms with van der Waals surface area (Å²) >= 11 is 0. The van der Waals surface area contributed by atoms with Gasteiger partial charge >= 0.3 is 0 Å². The van der Waals surface area contributed by atoms with E-state index in [1.165, 1.54) is 22.8 Å². The van der Waals surface area contributed by atoms with Gasteiger partial charge < -0.3 is 20.3 Å². The van der Waals surface area contributed by atoms with Crippen molar-refractivity contribution in [1.29, 1.82) is 0 Å². The molecule has 1 aliphatic carbocycles. The average Bonchev–Trinajstić information content (AvgIpc) is 3.70. The summed E-state index contributed by atoms with van der Waals surface area (Å²) in [5.41, 5.74) is 3.58. The van der Waals surface area contributed by atoms with Crippen molar-refractivity contribution in [3.63, 3.8) is 0 Å². The maximum Gasteiger partial charge on any atom is 0.280 e. The van der Waals surface area contributed by atoms with E-state index in [4.69, 9.17) is 4.74 Å². The number of likely N-dealkylation sites (N-methyl/N-ethyl adjacent to an activating group) is 1. The molecule has 0 unspecified atom stereocenters. The van der Waals surface area contributed by atoms with E-state index in [1.807, 2.05) is 49.5 Å². The number of ether oxygens (including phenoxy) is 1. The largest absolute Gasteiger partial charge is 0.361 e. The van der Waals surface area contributed by atoms with Gasteiger partial charge in [0.15, 0.2) is 0 Å². The molecule has 3 saturated heterocycles. The fourth-order valence-corrected chi connectivity index (χ4v) is 8.12. The minimum atomic E-state index is -2.04. The van der Waals surface area contributed by atoms with Crippen LogP contribution in [0.4, 0.5) is 0 Å². The first-order valence-corrected chi connectivity index (χ1v) is 15.1. The standard InChI is InChI=1S/C33H35N5O5/c1-32(35-29(39)21-15-23-22-10-6-11-24-28(22)20(17-34-24)16-25(23)36(2)18-21)31(41)38-26(14-19-8-4-3-5-9-19)30(40)37-13-7-12-27(37)33(38,42)43-32/h3-6,8-11,15,17,21,25-27,34,42H,7,12-14,16,18H2,1-2H3,(H,35,39)/t21-,25-,26-,27+,32-,33-/m1/s1. The Morgan fingerprint density at radius 3 is 2.79 bits per heavy atom. The summed E-state index contributed by atoms with van der Waals surface area (Å²) in [6.07, 6.45) is 6.38. The van der Waals surface area contributed by atoms with Gasteiger partial charge in [0.25, 0.3) is 11.8 Å². The van der Waals surface area contributed by atoms with Crippen LogP contribution in [0, 0.1) is 5.92 Å². The minimum Gasteiger partial charge on any atom is -0.361 e. The van der Waals surface area contributed by atoms with Crippen molar-refractivity contribution in [3.05, 3.63) is 77.5 Å². The summed E-state index contributed by atoms with van der Waals surface area (Å²) in [5.74, 6) is -3.77. The smallest absolute Gasteiger partial charge is 0.280 e. The molecular weight excluding hydrogens is 546 g/mol. The highest BCUT2D eigenvalue weighted by Gasteiger charge is 2.70. The first-order chi connectivity index (χ1) is 20.7. The van der Waals surface area contributed by atoms with Crippen LogP contribution in [0.5, 0.6) is 0 Å². The Hall–Kier alpha value is -3.99. The molecule has 3 aromatic rings. The molecule has 3 N–H and O–H groups in total. The highest BCUT2D eigenvalue weighted by atomic mass is 16.7. The lowest BCUT2D eigenvalue weighted by Gasteiger charge is -2.48. The van der Waals surface area contributed by atoms with Crippen molar-refractivity contribution in [2.45, 2.75) is 62.4 Å². The SMILES string of the molecule is CN1C[C@H](C(=O)N[C@]2(C)O[C@]3(O)[C@@H]4CCCN4C(=O)[C@@H](Cc4ccccc4)N3C2=O)C=C2c3cccc4[nH]cc(c34)C[C@H]21. The van der Waals surface area contributed by atoms with Crippen LogP contribution in [0.1, 0.15) is 36.5 Å². The van der Waals surface area contributed by atoms with Gasteiger partial charge in [-0.15, -0.1) is 0 Å². The van der Waals surface area contributed by atoms with E-state index in [0.717, 1.165) is 28.6 Å². The van der Waals surface area contributed by atoms with E-state index in [-0.39, 0.29) is 24.3 Å². The number of amides is 3. The normalized spacial score (nSPS) is 33.3. The van der Waals surface area contributed by atoms with Crippen LogP contribution >= 0.6 is 0 Å². The third-order valence-corrected chi connectivity index (χ3v) is 10.1. The first-order valence-electron chi connectivity index (χ1n) is 15.1. The van der Waals surface area contributed by atoms with Crippen LogP contribution in [0.25, 0.3) is 16.5 Å². The van der Waals surface area contributed by atoms with Gasteiger partial charge in [-0.25, -0.2) is 0 Å². The number of hydrogen-bond donors (Lipinski definition) is 3. The van der Waals surface area contributed by atoms with E-state index in [0.29, 0.717) is 25.9 Å². The molecule has 4 aliphatic heterocycles. The van der Waals surface area contributed by atoms with Crippen molar-refractivity contribution < 1.29 is 24.2 Å². The van der Waals surface area contributed by atoms with Crippen molar-refractivity contribution in [1.82, 2.24) is 25.0 Å². The molecule has 10 heteroatoms. The number of nitrogens with one attached hydrogen (secondary N) is 2. The number of aromatic amines is 1. The van der Waals surface area contributed by atoms with Gasteiger partial charge in [-0.2, -0.15) is 0 Å². The Bertz CT molecular complexity index is 1700. The summed E-state index contributed by atoms with van der Waals surface area (Å²) in [5, 5.41) is 16.1. The van der Waals surface area contributed by atoms with Crippen LogP contribution in [0.15, 0.2) is 60.8 Å². The molecule has 10 nitrogen and oxygen atoms in total. The zero-order valence-electron chi connectivity index (χ0n) is 24.2. The monoisotopic (exact) mass is 581 g/mol. The lowest BCUT2D eigenvalue weighted by atomic mass is 9.79. The molecule has 1 aromatic heterocycles. The van der Waals surface area contributed by atoms with Crippen molar-refractivity contribution in [3.8, 4) is 0 Å².